The fourth-order valence-corrected chi connectivity index (χ4v) is 4.55. The van der Waals surface area contributed by atoms with Gasteiger partial charge in [-0.05, 0) is 43.4 Å². The first kappa shape index (κ1) is 19.4. The quantitative estimate of drug-likeness (QED) is 0.706. The summed E-state index contributed by atoms with van der Waals surface area (Å²) in [7, 11) is 1.33. The number of likely N-dealkylation sites (tertiary alicyclic amines) is 1. The standard InChI is InChI=1S/C20H29N3O5/c1-12(24)21-16-5-14-7-23(9-19-22-17(11-28-19)20(25)26-2)8-15(14)6-18(16)27-10-13-3-4-13/h11,13-16,18H,3-10H2,1-2H3,(H,21,24)/t14-,15+,16-,18-/m1/s1. The van der Waals surface area contributed by atoms with Gasteiger partial charge in [0.05, 0.1) is 25.8 Å². The minimum absolute atomic E-state index is 0.00782. The molecule has 28 heavy (non-hydrogen) atoms. The van der Waals surface area contributed by atoms with Crippen molar-refractivity contribution in [3.8, 4) is 0 Å². The lowest BCUT2D eigenvalue weighted by molar-refractivity contribution is -0.122. The first-order chi connectivity index (χ1) is 13.5. The van der Waals surface area contributed by atoms with Crippen LogP contribution in [0.15, 0.2) is 10.7 Å². The Balaban J connectivity index is 1.35. The van der Waals surface area contributed by atoms with Gasteiger partial charge in [-0.3, -0.25) is 9.69 Å². The first-order valence-corrected chi connectivity index (χ1v) is 10.2. The van der Waals surface area contributed by atoms with E-state index in [4.69, 9.17) is 9.15 Å². The Kier molecular flexibility index (Phi) is 5.68. The highest BCUT2D eigenvalue weighted by molar-refractivity contribution is 5.86. The summed E-state index contributed by atoms with van der Waals surface area (Å²) in [5.41, 5.74) is 0.202. The number of amides is 1. The topological polar surface area (TPSA) is 93.9 Å². The Morgan fingerprint density at radius 2 is 2.04 bits per heavy atom. The molecule has 1 aromatic rings. The maximum Gasteiger partial charge on any atom is 0.360 e. The molecule has 4 rings (SSSR count). The Bertz CT molecular complexity index is 716. The lowest BCUT2D eigenvalue weighted by Gasteiger charge is -2.38. The van der Waals surface area contributed by atoms with E-state index in [2.05, 4.69) is 19.9 Å². The molecule has 2 heterocycles. The number of fused-ring (bicyclic) bond motifs is 1. The number of rotatable bonds is 7. The van der Waals surface area contributed by atoms with Crippen molar-refractivity contribution in [2.45, 2.75) is 51.3 Å². The molecule has 1 aromatic heterocycles. The number of carbonyl (C=O) groups excluding carboxylic acids is 2. The molecule has 1 N–H and O–H groups in total. The summed E-state index contributed by atoms with van der Waals surface area (Å²) in [4.78, 5) is 29.7. The van der Waals surface area contributed by atoms with Crippen molar-refractivity contribution >= 4 is 11.9 Å². The van der Waals surface area contributed by atoms with Gasteiger partial charge in [0.15, 0.2) is 5.69 Å². The van der Waals surface area contributed by atoms with Crippen LogP contribution in [-0.4, -0.2) is 60.7 Å². The molecule has 0 spiro atoms. The van der Waals surface area contributed by atoms with Crippen LogP contribution in [0, 0.1) is 17.8 Å². The largest absolute Gasteiger partial charge is 0.464 e. The van der Waals surface area contributed by atoms with Gasteiger partial charge >= 0.3 is 5.97 Å². The van der Waals surface area contributed by atoms with Crippen molar-refractivity contribution in [3.63, 3.8) is 0 Å². The zero-order valence-corrected chi connectivity index (χ0v) is 16.6. The molecule has 4 atom stereocenters. The SMILES string of the molecule is COC(=O)c1coc(CN2C[C@H]3C[C@@H](NC(C)=O)[C@H](OCC4CC4)C[C@H]3C2)n1. The number of esters is 1. The predicted molar refractivity (Wildman–Crippen MR) is 99.4 cm³/mol. The van der Waals surface area contributed by atoms with E-state index in [1.165, 1.54) is 26.2 Å². The highest BCUT2D eigenvalue weighted by atomic mass is 16.5. The molecule has 0 aromatic carbocycles. The summed E-state index contributed by atoms with van der Waals surface area (Å²) < 4.78 is 16.3. The minimum atomic E-state index is -0.487. The van der Waals surface area contributed by atoms with Crippen molar-refractivity contribution in [2.75, 3.05) is 26.8 Å². The normalized spacial score (nSPS) is 30.1. The maximum absolute atomic E-state index is 11.7. The van der Waals surface area contributed by atoms with E-state index in [1.54, 1.807) is 6.92 Å². The van der Waals surface area contributed by atoms with Crippen LogP contribution in [0.1, 0.15) is 49.0 Å². The number of hydrogen-bond donors (Lipinski definition) is 1. The van der Waals surface area contributed by atoms with E-state index in [-0.39, 0.29) is 23.7 Å². The molecular weight excluding hydrogens is 362 g/mol. The molecule has 2 aliphatic carbocycles. The van der Waals surface area contributed by atoms with Gasteiger partial charge < -0.3 is 19.2 Å². The lowest BCUT2D eigenvalue weighted by atomic mass is 9.77. The van der Waals surface area contributed by atoms with E-state index >= 15 is 0 Å². The maximum atomic E-state index is 11.7. The molecule has 8 nitrogen and oxygen atoms in total. The number of aromatic nitrogens is 1. The molecule has 8 heteroatoms. The number of hydrogen-bond acceptors (Lipinski definition) is 7. The van der Waals surface area contributed by atoms with Crippen LogP contribution in [0.2, 0.25) is 0 Å². The van der Waals surface area contributed by atoms with Crippen LogP contribution >= 0.6 is 0 Å². The van der Waals surface area contributed by atoms with Crippen molar-refractivity contribution < 1.29 is 23.5 Å². The van der Waals surface area contributed by atoms with E-state index < -0.39 is 5.97 Å². The molecule has 3 aliphatic rings. The van der Waals surface area contributed by atoms with E-state index in [0.717, 1.165) is 32.5 Å². The number of nitrogens with one attached hydrogen (secondary N) is 1. The van der Waals surface area contributed by atoms with Crippen LogP contribution in [-0.2, 0) is 20.8 Å². The summed E-state index contributed by atoms with van der Waals surface area (Å²) >= 11 is 0. The van der Waals surface area contributed by atoms with Crippen molar-refractivity contribution in [3.05, 3.63) is 17.8 Å². The van der Waals surface area contributed by atoms with Crippen LogP contribution < -0.4 is 5.32 Å². The Morgan fingerprint density at radius 1 is 1.29 bits per heavy atom. The Labute approximate surface area is 164 Å². The van der Waals surface area contributed by atoms with E-state index in [9.17, 15) is 9.59 Å². The van der Waals surface area contributed by atoms with Gasteiger partial charge in [-0.15, -0.1) is 0 Å². The molecular formula is C20H29N3O5. The minimum Gasteiger partial charge on any atom is -0.464 e. The third kappa shape index (κ3) is 4.55. The van der Waals surface area contributed by atoms with Crippen molar-refractivity contribution in [1.29, 1.82) is 0 Å². The Morgan fingerprint density at radius 3 is 2.71 bits per heavy atom. The van der Waals surface area contributed by atoms with E-state index in [0.29, 0.717) is 30.2 Å². The molecule has 0 bridgehead atoms. The molecule has 154 valence electrons. The lowest BCUT2D eigenvalue weighted by Crippen LogP contribution is -2.50. The Hall–Kier alpha value is -1.93. The third-order valence-electron chi connectivity index (χ3n) is 6.13. The third-order valence-corrected chi connectivity index (χ3v) is 6.13. The molecule has 0 radical (unpaired) electrons. The van der Waals surface area contributed by atoms with Gasteiger partial charge in [-0.2, -0.15) is 0 Å². The molecule has 3 fully saturated rings. The molecule has 1 saturated heterocycles. The number of methoxy groups -OCH3 is 1. The van der Waals surface area contributed by atoms with Gasteiger partial charge in [0.1, 0.15) is 6.26 Å². The number of ether oxygens (including phenoxy) is 2. The second kappa shape index (κ2) is 8.21. The zero-order chi connectivity index (χ0) is 19.7. The van der Waals surface area contributed by atoms with Crippen LogP contribution in [0.5, 0.6) is 0 Å². The second-order valence-electron chi connectivity index (χ2n) is 8.43. The number of oxazole rings is 1. The van der Waals surface area contributed by atoms with Gasteiger partial charge in [-0.1, -0.05) is 0 Å². The van der Waals surface area contributed by atoms with Gasteiger partial charge in [0, 0.05) is 26.6 Å². The zero-order valence-electron chi connectivity index (χ0n) is 16.6. The highest BCUT2D eigenvalue weighted by Gasteiger charge is 2.43. The monoisotopic (exact) mass is 391 g/mol. The van der Waals surface area contributed by atoms with Crippen molar-refractivity contribution in [1.82, 2.24) is 15.2 Å². The average Bonchev–Trinajstić information content (AvgIpc) is 3.24. The predicted octanol–water partition coefficient (Wildman–Crippen LogP) is 1.60. The summed E-state index contributed by atoms with van der Waals surface area (Å²) in [5.74, 6) is 1.83. The summed E-state index contributed by atoms with van der Waals surface area (Å²) in [6.45, 7) is 4.85. The van der Waals surface area contributed by atoms with E-state index in [1.807, 2.05) is 0 Å². The highest BCUT2D eigenvalue weighted by Crippen LogP contribution is 2.39. The smallest absolute Gasteiger partial charge is 0.360 e. The molecule has 0 unspecified atom stereocenters. The van der Waals surface area contributed by atoms with Crippen molar-refractivity contribution in [2.24, 2.45) is 17.8 Å². The summed E-state index contributed by atoms with van der Waals surface area (Å²) in [5, 5.41) is 3.11. The van der Waals surface area contributed by atoms with Gasteiger partial charge in [-0.25, -0.2) is 9.78 Å². The molecule has 2 saturated carbocycles. The number of carbonyl (C=O) groups is 2. The van der Waals surface area contributed by atoms with Gasteiger partial charge in [0.2, 0.25) is 11.8 Å². The summed E-state index contributed by atoms with van der Waals surface area (Å²) in [6, 6.07) is 0.0881. The van der Waals surface area contributed by atoms with Crippen LogP contribution in [0.25, 0.3) is 0 Å². The summed E-state index contributed by atoms with van der Waals surface area (Å²) in [6.07, 6.45) is 5.88. The molecule has 1 aliphatic heterocycles. The van der Waals surface area contributed by atoms with Crippen LogP contribution in [0.4, 0.5) is 0 Å². The van der Waals surface area contributed by atoms with Crippen LogP contribution in [0.3, 0.4) is 0 Å². The number of nitrogens with zero attached hydrogens (tertiary/aromatic N) is 2. The molecule has 1 amide bonds. The van der Waals surface area contributed by atoms with Gasteiger partial charge in [0.25, 0.3) is 0 Å². The first-order valence-electron chi connectivity index (χ1n) is 10.2. The average molecular weight is 391 g/mol. The fourth-order valence-electron chi connectivity index (χ4n) is 4.55. The fraction of sp³-hybridized carbons (Fsp3) is 0.750. The second-order valence-corrected chi connectivity index (χ2v) is 8.43.